The molecule has 2 saturated heterocycles. The minimum Gasteiger partial charge on any atom is -0.394 e. The number of aliphatic hydroxyl groups excluding tert-OH is 5. The van der Waals surface area contributed by atoms with Crippen LogP contribution in [0, 0.1) is 0 Å². The van der Waals surface area contributed by atoms with Gasteiger partial charge in [-0.15, -0.1) is 0 Å². The zero-order chi connectivity index (χ0) is 19.3. The first-order valence-corrected chi connectivity index (χ1v) is 8.54. The number of quaternary nitrogens is 1. The van der Waals surface area contributed by atoms with E-state index >= 15 is 0 Å². The Hall–Kier alpha value is -1.77. The van der Waals surface area contributed by atoms with Crippen molar-refractivity contribution in [2.24, 2.45) is 4.99 Å². The summed E-state index contributed by atoms with van der Waals surface area (Å²) in [5.41, 5.74) is 6.15. The van der Waals surface area contributed by atoms with Crippen molar-refractivity contribution in [3.05, 3.63) is 6.33 Å². The van der Waals surface area contributed by atoms with E-state index in [1.54, 1.807) is 0 Å². The number of rotatable bonds is 3. The second-order valence-corrected chi connectivity index (χ2v) is 6.90. The molecule has 4 heterocycles. The first-order valence-electron chi connectivity index (χ1n) is 8.54. The molecule has 1 aromatic heterocycles. The van der Waals surface area contributed by atoms with Gasteiger partial charge < -0.3 is 40.7 Å². The van der Waals surface area contributed by atoms with Gasteiger partial charge in [-0.05, 0) is 0 Å². The molecule has 2 fully saturated rings. The van der Waals surface area contributed by atoms with E-state index in [9.17, 15) is 25.5 Å². The van der Waals surface area contributed by atoms with Gasteiger partial charge in [0.2, 0.25) is 18.8 Å². The topological polar surface area (TPSA) is 184 Å². The van der Waals surface area contributed by atoms with Gasteiger partial charge in [0.15, 0.2) is 17.6 Å². The second kappa shape index (κ2) is 6.68. The molecule has 27 heavy (non-hydrogen) atoms. The van der Waals surface area contributed by atoms with Gasteiger partial charge in [-0.1, -0.05) is 0 Å². The summed E-state index contributed by atoms with van der Waals surface area (Å²) < 4.78 is 11.1. The zero-order valence-corrected chi connectivity index (χ0v) is 14.2. The molecule has 1 aromatic rings. The van der Waals surface area contributed by atoms with E-state index < -0.39 is 54.1 Å². The number of fused-ring (bicyclic) bond motifs is 1. The highest BCUT2D eigenvalue weighted by Crippen LogP contribution is 2.47. The van der Waals surface area contributed by atoms with E-state index in [1.807, 2.05) is 0 Å². The van der Waals surface area contributed by atoms with Gasteiger partial charge in [-0.25, -0.2) is 4.98 Å². The number of hydrogen-bond donors (Lipinski definition) is 6. The maximum atomic E-state index is 10.6. The van der Waals surface area contributed by atoms with Crippen LogP contribution in [-0.4, -0.2) is 98.0 Å². The van der Waals surface area contributed by atoms with Crippen LogP contribution in [0.5, 0.6) is 0 Å². The number of ether oxygens (including phenoxy) is 2. The van der Waals surface area contributed by atoms with Crippen molar-refractivity contribution < 1.29 is 35.0 Å². The number of nitrogens with two attached hydrogens (primary N) is 1. The fourth-order valence-corrected chi connectivity index (χ4v) is 3.84. The SMILES string of the molecule is Nc1ncnc2c1N=C[N+]2(C1C[C@H](O)[C@H](O)CO1)[C@@H]1O[C@H](CO)[C@@H](O)[C@H]1O. The van der Waals surface area contributed by atoms with Crippen molar-refractivity contribution in [1.82, 2.24) is 14.5 Å². The third-order valence-electron chi connectivity index (χ3n) is 5.34. The highest BCUT2D eigenvalue weighted by Gasteiger charge is 2.62. The molecular formula is C15H22N5O7+. The smallest absolute Gasteiger partial charge is 0.269 e. The van der Waals surface area contributed by atoms with Gasteiger partial charge in [0.05, 0.1) is 25.7 Å². The molecule has 148 valence electrons. The highest BCUT2D eigenvalue weighted by molar-refractivity contribution is 5.91. The number of anilines is 1. The molecular weight excluding hydrogens is 362 g/mol. The van der Waals surface area contributed by atoms with E-state index in [4.69, 9.17) is 15.2 Å². The number of aromatic nitrogens is 2. The molecule has 3 aliphatic heterocycles. The summed E-state index contributed by atoms with van der Waals surface area (Å²) in [7, 11) is 0. The monoisotopic (exact) mass is 384 g/mol. The van der Waals surface area contributed by atoms with Gasteiger partial charge >= 0.3 is 0 Å². The Bertz CT molecular complexity index is 751. The van der Waals surface area contributed by atoms with Crippen LogP contribution < -0.4 is 10.2 Å². The van der Waals surface area contributed by atoms with Gasteiger partial charge in [0, 0.05) is 0 Å². The molecule has 0 bridgehead atoms. The Balaban J connectivity index is 1.82. The molecule has 0 spiro atoms. The molecule has 12 nitrogen and oxygen atoms in total. The number of nitrogens with zero attached hydrogens (tertiary/aromatic N) is 4. The molecule has 0 saturated carbocycles. The lowest BCUT2D eigenvalue weighted by Gasteiger charge is -2.44. The molecule has 0 aromatic carbocycles. The third kappa shape index (κ3) is 2.65. The van der Waals surface area contributed by atoms with Crippen molar-refractivity contribution >= 4 is 23.7 Å². The van der Waals surface area contributed by atoms with Crippen LogP contribution in [-0.2, 0) is 9.47 Å². The fourth-order valence-electron chi connectivity index (χ4n) is 3.84. The number of aliphatic hydroxyl groups is 5. The Morgan fingerprint density at radius 3 is 2.59 bits per heavy atom. The number of aliphatic imine (C=N–C) groups is 1. The van der Waals surface area contributed by atoms with Crippen LogP contribution in [0.3, 0.4) is 0 Å². The largest absolute Gasteiger partial charge is 0.394 e. The van der Waals surface area contributed by atoms with E-state index in [-0.39, 0.29) is 30.4 Å². The van der Waals surface area contributed by atoms with E-state index in [2.05, 4.69) is 15.0 Å². The van der Waals surface area contributed by atoms with Gasteiger partial charge in [0.1, 0.15) is 24.6 Å². The minimum atomic E-state index is -1.40. The summed E-state index contributed by atoms with van der Waals surface area (Å²) in [6.45, 7) is -0.651. The molecule has 2 unspecified atom stereocenters. The molecule has 7 N–H and O–H groups in total. The van der Waals surface area contributed by atoms with Crippen molar-refractivity contribution in [3.8, 4) is 0 Å². The minimum absolute atomic E-state index is 0.0109. The first-order chi connectivity index (χ1) is 12.9. The highest BCUT2D eigenvalue weighted by atomic mass is 16.6. The lowest BCUT2D eigenvalue weighted by molar-refractivity contribution is -0.187. The predicted molar refractivity (Wildman–Crippen MR) is 90.5 cm³/mol. The van der Waals surface area contributed by atoms with Crippen molar-refractivity contribution in [2.75, 3.05) is 18.9 Å². The van der Waals surface area contributed by atoms with Crippen molar-refractivity contribution in [3.63, 3.8) is 0 Å². The van der Waals surface area contributed by atoms with Crippen molar-refractivity contribution in [1.29, 1.82) is 0 Å². The quantitative estimate of drug-likeness (QED) is 0.293. The van der Waals surface area contributed by atoms with Crippen LogP contribution in [0.25, 0.3) is 0 Å². The van der Waals surface area contributed by atoms with Gasteiger partial charge in [-0.3, -0.25) is 0 Å². The summed E-state index contributed by atoms with van der Waals surface area (Å²) in [5, 5.41) is 50.2. The summed E-state index contributed by atoms with van der Waals surface area (Å²) in [6, 6.07) is 0. The zero-order valence-electron chi connectivity index (χ0n) is 14.2. The average Bonchev–Trinajstić information content (AvgIpc) is 3.18. The normalized spacial score (nSPS) is 43.8. The Labute approximate surface area is 153 Å². The van der Waals surface area contributed by atoms with Crippen LogP contribution in [0.2, 0.25) is 0 Å². The molecule has 3 aliphatic rings. The van der Waals surface area contributed by atoms with Crippen LogP contribution in [0.4, 0.5) is 17.3 Å². The Kier molecular flexibility index (Phi) is 4.60. The lowest BCUT2D eigenvalue weighted by atomic mass is 10.0. The van der Waals surface area contributed by atoms with E-state index in [0.29, 0.717) is 0 Å². The summed E-state index contributed by atoms with van der Waals surface area (Å²) in [5.74, 6) is 0.380. The number of hydrogen-bond acceptors (Lipinski definition) is 11. The molecule has 0 amide bonds. The maximum absolute atomic E-state index is 10.6. The maximum Gasteiger partial charge on any atom is 0.269 e. The fraction of sp³-hybridized carbons (Fsp3) is 0.667. The third-order valence-corrected chi connectivity index (χ3v) is 5.34. The summed E-state index contributed by atoms with van der Waals surface area (Å²) >= 11 is 0. The summed E-state index contributed by atoms with van der Waals surface area (Å²) in [6.07, 6.45) is -5.24. The summed E-state index contributed by atoms with van der Waals surface area (Å²) in [4.78, 5) is 12.4. The van der Waals surface area contributed by atoms with Crippen LogP contribution >= 0.6 is 0 Å². The van der Waals surface area contributed by atoms with Gasteiger partial charge in [-0.2, -0.15) is 14.5 Å². The Morgan fingerprint density at radius 2 is 1.93 bits per heavy atom. The Morgan fingerprint density at radius 1 is 1.15 bits per heavy atom. The number of nitrogen functional groups attached to an aromatic ring is 1. The molecule has 0 aliphatic carbocycles. The molecule has 4 rings (SSSR count). The van der Waals surface area contributed by atoms with Crippen LogP contribution in [0.15, 0.2) is 11.3 Å². The average molecular weight is 384 g/mol. The van der Waals surface area contributed by atoms with Crippen LogP contribution in [0.1, 0.15) is 6.42 Å². The first kappa shape index (κ1) is 18.6. The molecule has 12 heteroatoms. The van der Waals surface area contributed by atoms with Gasteiger partial charge in [0.25, 0.3) is 5.82 Å². The molecule has 8 atom stereocenters. The van der Waals surface area contributed by atoms with Crippen molar-refractivity contribution in [2.45, 2.75) is 49.4 Å². The molecule has 0 radical (unpaired) electrons. The lowest BCUT2D eigenvalue weighted by Crippen LogP contribution is -2.68. The standard InChI is InChI=1S/C15H22N5O7/c16-13-10-14(18-4-17-13)20(5-19-10,9-1-6(22)7(23)3-26-9)15-12(25)11(24)8(2-21)27-15/h4-9,11-12,15,21-25H,1-3H2,(H2,16,17,18)/q+1/t6-,7+,8+,9?,11+,12+,15+,20?/m0/s1. The predicted octanol–water partition coefficient (Wildman–Crippen LogP) is -3.05. The van der Waals surface area contributed by atoms with E-state index in [0.717, 1.165) is 0 Å². The second-order valence-electron chi connectivity index (χ2n) is 6.90. The van der Waals surface area contributed by atoms with E-state index in [1.165, 1.54) is 12.7 Å².